The van der Waals surface area contributed by atoms with E-state index in [-0.39, 0.29) is 15.5 Å². The van der Waals surface area contributed by atoms with E-state index >= 15 is 0 Å². The first-order valence-electron chi connectivity index (χ1n) is 8.50. The highest BCUT2D eigenvalue weighted by Gasteiger charge is 2.23. The van der Waals surface area contributed by atoms with E-state index in [1.54, 1.807) is 36.4 Å². The molecule has 7 heteroatoms. The Morgan fingerprint density at radius 1 is 0.897 bits per heavy atom. The Kier molecular flexibility index (Phi) is 4.57. The molecule has 3 aromatic carbocycles. The van der Waals surface area contributed by atoms with Gasteiger partial charge in [-0.2, -0.15) is 5.26 Å². The number of rotatable bonds is 3. The zero-order valence-electron chi connectivity index (χ0n) is 14.8. The Labute approximate surface area is 165 Å². The lowest BCUT2D eigenvalue weighted by Gasteiger charge is -2.11. The summed E-state index contributed by atoms with van der Waals surface area (Å²) in [4.78, 5) is 4.00. The third-order valence-corrected chi connectivity index (χ3v) is 6.11. The first-order valence-corrected chi connectivity index (χ1v) is 9.99. The summed E-state index contributed by atoms with van der Waals surface area (Å²) in [6.45, 7) is 0. The van der Waals surface area contributed by atoms with E-state index < -0.39 is 21.5 Å². The molecule has 0 amide bonds. The highest BCUT2D eigenvalue weighted by molar-refractivity contribution is 7.91. The summed E-state index contributed by atoms with van der Waals surface area (Å²) in [5.41, 5.74) is 1.03. The number of benzene rings is 3. The van der Waals surface area contributed by atoms with Crippen LogP contribution in [0.5, 0.6) is 0 Å². The number of para-hydroxylation sites is 1. The summed E-state index contributed by atoms with van der Waals surface area (Å²) in [6.07, 6.45) is 0. The Bertz CT molecular complexity index is 1410. The van der Waals surface area contributed by atoms with Crippen molar-refractivity contribution >= 4 is 20.7 Å². The smallest absolute Gasteiger partial charge is 0.223 e. The Morgan fingerprint density at radius 2 is 1.69 bits per heavy atom. The van der Waals surface area contributed by atoms with Gasteiger partial charge in [0, 0.05) is 5.39 Å². The normalized spacial score (nSPS) is 11.3. The summed E-state index contributed by atoms with van der Waals surface area (Å²) in [7, 11) is -4.14. The molecule has 1 aromatic heterocycles. The molecule has 0 aliphatic heterocycles. The van der Waals surface area contributed by atoms with Crippen LogP contribution in [0.15, 0.2) is 82.7 Å². The van der Waals surface area contributed by atoms with E-state index in [1.807, 2.05) is 0 Å². The summed E-state index contributed by atoms with van der Waals surface area (Å²) in [6, 6.07) is 18.7. The SMILES string of the molecule is N#Cc1cc(S(=O)(=O)c2cc(-c3cccc(F)c3)c3ccccc3n2)ccc1F. The van der Waals surface area contributed by atoms with Crippen molar-refractivity contribution in [1.29, 1.82) is 5.26 Å². The molecule has 4 nitrogen and oxygen atoms in total. The summed E-state index contributed by atoms with van der Waals surface area (Å²) >= 11 is 0. The van der Waals surface area contributed by atoms with Gasteiger partial charge >= 0.3 is 0 Å². The average molecular weight is 406 g/mol. The van der Waals surface area contributed by atoms with Crippen molar-refractivity contribution in [2.45, 2.75) is 9.92 Å². The second kappa shape index (κ2) is 7.08. The van der Waals surface area contributed by atoms with Crippen LogP contribution >= 0.6 is 0 Å². The van der Waals surface area contributed by atoms with Gasteiger partial charge in [-0.05, 0) is 53.6 Å². The van der Waals surface area contributed by atoms with Crippen LogP contribution < -0.4 is 0 Å². The molecule has 0 saturated carbocycles. The second-order valence-corrected chi connectivity index (χ2v) is 8.19. The molecule has 0 aliphatic carbocycles. The molecule has 4 aromatic rings. The van der Waals surface area contributed by atoms with Crippen molar-refractivity contribution in [3.8, 4) is 17.2 Å². The molecule has 0 spiro atoms. The number of pyridine rings is 1. The highest BCUT2D eigenvalue weighted by atomic mass is 32.2. The number of nitriles is 1. The van der Waals surface area contributed by atoms with Gasteiger partial charge in [0.1, 0.15) is 17.7 Å². The number of aromatic nitrogens is 1. The van der Waals surface area contributed by atoms with Crippen LogP contribution in [0, 0.1) is 23.0 Å². The van der Waals surface area contributed by atoms with Crippen LogP contribution in [0.3, 0.4) is 0 Å². The van der Waals surface area contributed by atoms with E-state index in [0.717, 1.165) is 18.2 Å². The summed E-state index contributed by atoms with van der Waals surface area (Å²) in [5, 5.41) is 9.39. The molecule has 0 bridgehead atoms. The Morgan fingerprint density at radius 3 is 2.45 bits per heavy atom. The predicted octanol–water partition coefficient (Wildman–Crippen LogP) is 4.88. The summed E-state index contributed by atoms with van der Waals surface area (Å²) < 4.78 is 53.7. The number of hydrogen-bond acceptors (Lipinski definition) is 4. The molecule has 0 aliphatic rings. The van der Waals surface area contributed by atoms with Gasteiger partial charge in [-0.3, -0.25) is 0 Å². The van der Waals surface area contributed by atoms with E-state index in [2.05, 4.69) is 4.98 Å². The van der Waals surface area contributed by atoms with Gasteiger partial charge in [-0.1, -0.05) is 30.3 Å². The zero-order chi connectivity index (χ0) is 20.6. The maximum absolute atomic E-state index is 13.8. The zero-order valence-corrected chi connectivity index (χ0v) is 15.6. The van der Waals surface area contributed by atoms with Crippen LogP contribution in [0.1, 0.15) is 5.56 Å². The van der Waals surface area contributed by atoms with Crippen LogP contribution in [-0.4, -0.2) is 13.4 Å². The third kappa shape index (κ3) is 3.35. The number of sulfone groups is 1. The van der Waals surface area contributed by atoms with Gasteiger partial charge in [0.15, 0.2) is 5.03 Å². The van der Waals surface area contributed by atoms with Crippen LogP contribution in [0.2, 0.25) is 0 Å². The van der Waals surface area contributed by atoms with Gasteiger partial charge < -0.3 is 0 Å². The molecule has 0 fully saturated rings. The lowest BCUT2D eigenvalue weighted by atomic mass is 10.0. The topological polar surface area (TPSA) is 70.8 Å². The first kappa shape index (κ1) is 18.7. The van der Waals surface area contributed by atoms with E-state index in [0.29, 0.717) is 22.0 Å². The van der Waals surface area contributed by atoms with Crippen molar-refractivity contribution in [2.75, 3.05) is 0 Å². The minimum Gasteiger partial charge on any atom is -0.236 e. The third-order valence-electron chi connectivity index (χ3n) is 4.47. The number of halogens is 2. The minimum atomic E-state index is -4.14. The quantitative estimate of drug-likeness (QED) is 0.455. The van der Waals surface area contributed by atoms with Gasteiger partial charge in [0.05, 0.1) is 16.0 Å². The molecule has 1 heterocycles. The Hall–Kier alpha value is -3.63. The van der Waals surface area contributed by atoms with E-state index in [9.17, 15) is 17.2 Å². The molecule has 0 saturated heterocycles. The minimum absolute atomic E-state index is 0.247. The molecule has 4 rings (SSSR count). The monoisotopic (exact) mass is 406 g/mol. The van der Waals surface area contributed by atoms with Gasteiger partial charge in [0.25, 0.3) is 0 Å². The molecule has 0 unspecified atom stereocenters. The van der Waals surface area contributed by atoms with Crippen molar-refractivity contribution in [2.24, 2.45) is 0 Å². The molecular weight excluding hydrogens is 394 g/mol. The Balaban J connectivity index is 1.99. The van der Waals surface area contributed by atoms with Gasteiger partial charge in [-0.15, -0.1) is 0 Å². The largest absolute Gasteiger partial charge is 0.236 e. The lowest BCUT2D eigenvalue weighted by Crippen LogP contribution is -2.06. The molecule has 0 atom stereocenters. The highest BCUT2D eigenvalue weighted by Crippen LogP contribution is 2.32. The van der Waals surface area contributed by atoms with Crippen molar-refractivity contribution in [3.63, 3.8) is 0 Å². The van der Waals surface area contributed by atoms with E-state index in [4.69, 9.17) is 5.26 Å². The molecule has 0 radical (unpaired) electrons. The predicted molar refractivity (Wildman–Crippen MR) is 104 cm³/mol. The fourth-order valence-corrected chi connectivity index (χ4v) is 4.31. The molecule has 0 N–H and O–H groups in total. The first-order chi connectivity index (χ1) is 13.9. The standard InChI is InChI=1S/C22H12F2N2O2S/c23-16-5-3-4-14(10-16)19-12-22(26-21-7-2-1-6-18(19)21)29(27,28)17-8-9-20(24)15(11-17)13-25/h1-12H. The lowest BCUT2D eigenvalue weighted by molar-refractivity contribution is 0.591. The van der Waals surface area contributed by atoms with Gasteiger partial charge in [0.2, 0.25) is 9.84 Å². The number of fused-ring (bicyclic) bond motifs is 1. The second-order valence-electron chi connectivity index (χ2n) is 6.29. The van der Waals surface area contributed by atoms with Crippen LogP contribution in [0.25, 0.3) is 22.0 Å². The summed E-state index contributed by atoms with van der Waals surface area (Å²) in [5.74, 6) is -1.26. The van der Waals surface area contributed by atoms with Crippen molar-refractivity contribution in [1.82, 2.24) is 4.98 Å². The van der Waals surface area contributed by atoms with Gasteiger partial charge in [-0.25, -0.2) is 22.2 Å². The number of hydrogen-bond donors (Lipinski definition) is 0. The van der Waals surface area contributed by atoms with Crippen molar-refractivity contribution < 1.29 is 17.2 Å². The van der Waals surface area contributed by atoms with E-state index in [1.165, 1.54) is 24.3 Å². The van der Waals surface area contributed by atoms with Crippen LogP contribution in [-0.2, 0) is 9.84 Å². The number of nitrogens with zero attached hydrogens (tertiary/aromatic N) is 2. The maximum Gasteiger partial charge on any atom is 0.223 e. The maximum atomic E-state index is 13.8. The fraction of sp³-hybridized carbons (Fsp3) is 0. The molecular formula is C22H12F2N2O2S. The van der Waals surface area contributed by atoms with Crippen molar-refractivity contribution in [3.05, 3.63) is 90.0 Å². The van der Waals surface area contributed by atoms with Crippen LogP contribution in [0.4, 0.5) is 8.78 Å². The molecule has 142 valence electrons. The fourth-order valence-electron chi connectivity index (χ4n) is 3.06. The average Bonchev–Trinajstić information content (AvgIpc) is 2.73. The molecule has 29 heavy (non-hydrogen) atoms.